The minimum atomic E-state index is 0.918. The molecule has 18 heavy (non-hydrogen) atoms. The molecular formula is C15H20N2S. The Hall–Kier alpha value is -1.19. The molecular weight excluding hydrogens is 240 g/mol. The predicted molar refractivity (Wildman–Crippen MR) is 81.3 cm³/mol. The van der Waals surface area contributed by atoms with Crippen molar-refractivity contribution in [2.75, 3.05) is 18.8 Å². The molecule has 0 unspecified atom stereocenters. The van der Waals surface area contributed by atoms with Gasteiger partial charge in [-0.1, -0.05) is 37.3 Å². The first-order valence-electron chi connectivity index (χ1n) is 6.37. The lowest BCUT2D eigenvalue weighted by atomic mass is 10.3. The van der Waals surface area contributed by atoms with E-state index in [9.17, 15) is 0 Å². The van der Waals surface area contributed by atoms with E-state index in [1.807, 2.05) is 11.8 Å². The maximum atomic E-state index is 4.10. The van der Waals surface area contributed by atoms with Crippen LogP contribution < -0.4 is 5.32 Å². The van der Waals surface area contributed by atoms with Crippen LogP contribution in [0.25, 0.3) is 10.9 Å². The maximum absolute atomic E-state index is 4.10. The molecule has 96 valence electrons. The SMILES string of the molecule is C=C(CNCCC)CSc1cc2ccccc2[nH]1. The fourth-order valence-electron chi connectivity index (χ4n) is 1.80. The van der Waals surface area contributed by atoms with Crippen molar-refractivity contribution in [2.24, 2.45) is 0 Å². The molecule has 0 aliphatic carbocycles. The molecule has 0 amide bonds. The van der Waals surface area contributed by atoms with Crippen molar-refractivity contribution < 1.29 is 0 Å². The molecule has 0 atom stereocenters. The number of thioether (sulfide) groups is 1. The number of fused-ring (bicyclic) bond motifs is 1. The average Bonchev–Trinajstić information content (AvgIpc) is 2.79. The van der Waals surface area contributed by atoms with Gasteiger partial charge in [-0.05, 0) is 25.1 Å². The summed E-state index contributed by atoms with van der Waals surface area (Å²) in [5.41, 5.74) is 2.45. The van der Waals surface area contributed by atoms with E-state index < -0.39 is 0 Å². The number of para-hydroxylation sites is 1. The minimum absolute atomic E-state index is 0.918. The molecule has 2 aromatic rings. The van der Waals surface area contributed by atoms with Crippen LogP contribution in [-0.4, -0.2) is 23.8 Å². The highest BCUT2D eigenvalue weighted by molar-refractivity contribution is 7.99. The van der Waals surface area contributed by atoms with E-state index in [1.54, 1.807) is 0 Å². The molecule has 0 aliphatic heterocycles. The van der Waals surface area contributed by atoms with E-state index >= 15 is 0 Å². The van der Waals surface area contributed by atoms with Gasteiger partial charge in [-0.2, -0.15) is 0 Å². The third-order valence-corrected chi connectivity index (χ3v) is 3.82. The van der Waals surface area contributed by atoms with Crippen LogP contribution in [-0.2, 0) is 0 Å². The second-order valence-corrected chi connectivity index (χ2v) is 5.45. The van der Waals surface area contributed by atoms with Crippen LogP contribution in [0.4, 0.5) is 0 Å². The van der Waals surface area contributed by atoms with Gasteiger partial charge >= 0.3 is 0 Å². The van der Waals surface area contributed by atoms with Crippen LogP contribution in [0.5, 0.6) is 0 Å². The van der Waals surface area contributed by atoms with E-state index in [0.29, 0.717) is 0 Å². The van der Waals surface area contributed by atoms with Crippen molar-refractivity contribution >= 4 is 22.7 Å². The molecule has 0 saturated carbocycles. The molecule has 2 rings (SSSR count). The summed E-state index contributed by atoms with van der Waals surface area (Å²) < 4.78 is 0. The maximum Gasteiger partial charge on any atom is 0.0735 e. The predicted octanol–water partition coefficient (Wildman–Crippen LogP) is 3.82. The summed E-state index contributed by atoms with van der Waals surface area (Å²) in [6, 6.07) is 10.6. The van der Waals surface area contributed by atoms with E-state index in [1.165, 1.54) is 27.9 Å². The van der Waals surface area contributed by atoms with E-state index in [0.717, 1.165) is 18.8 Å². The highest BCUT2D eigenvalue weighted by Crippen LogP contribution is 2.24. The standard InChI is InChI=1S/C15H20N2S/c1-3-8-16-10-12(2)11-18-15-9-13-6-4-5-7-14(13)17-15/h4-7,9,16-17H,2-3,8,10-11H2,1H3. The fourth-order valence-corrected chi connectivity index (χ4v) is 2.65. The van der Waals surface area contributed by atoms with Gasteiger partial charge in [0.25, 0.3) is 0 Å². The highest BCUT2D eigenvalue weighted by atomic mass is 32.2. The molecule has 2 N–H and O–H groups in total. The topological polar surface area (TPSA) is 27.8 Å². The van der Waals surface area contributed by atoms with E-state index in [-0.39, 0.29) is 0 Å². The molecule has 1 heterocycles. The Morgan fingerprint density at radius 2 is 2.22 bits per heavy atom. The van der Waals surface area contributed by atoms with Crippen molar-refractivity contribution in [3.63, 3.8) is 0 Å². The first kappa shape index (κ1) is 13.2. The number of aromatic amines is 1. The number of nitrogens with one attached hydrogen (secondary N) is 2. The minimum Gasteiger partial charge on any atom is -0.350 e. The van der Waals surface area contributed by atoms with Gasteiger partial charge in [-0.3, -0.25) is 0 Å². The van der Waals surface area contributed by atoms with Gasteiger partial charge < -0.3 is 10.3 Å². The van der Waals surface area contributed by atoms with Crippen molar-refractivity contribution in [2.45, 2.75) is 18.4 Å². The Morgan fingerprint density at radius 1 is 1.39 bits per heavy atom. The Kier molecular flexibility index (Phi) is 4.90. The first-order chi connectivity index (χ1) is 8.79. The average molecular weight is 260 g/mol. The van der Waals surface area contributed by atoms with Crippen LogP contribution in [0, 0.1) is 0 Å². The van der Waals surface area contributed by atoms with Gasteiger partial charge in [0.2, 0.25) is 0 Å². The summed E-state index contributed by atoms with van der Waals surface area (Å²) in [4.78, 5) is 3.42. The second-order valence-electron chi connectivity index (χ2n) is 4.44. The number of benzene rings is 1. The van der Waals surface area contributed by atoms with Crippen molar-refractivity contribution in [3.8, 4) is 0 Å². The van der Waals surface area contributed by atoms with E-state index in [4.69, 9.17) is 0 Å². The Bertz CT molecular complexity index is 483. The van der Waals surface area contributed by atoms with E-state index in [2.05, 4.69) is 54.1 Å². The van der Waals surface area contributed by atoms with Gasteiger partial charge in [0, 0.05) is 23.2 Å². The van der Waals surface area contributed by atoms with Crippen LogP contribution in [0.1, 0.15) is 13.3 Å². The summed E-state index contributed by atoms with van der Waals surface area (Å²) in [7, 11) is 0. The lowest BCUT2D eigenvalue weighted by molar-refractivity contribution is 0.716. The Morgan fingerprint density at radius 3 is 3.00 bits per heavy atom. The van der Waals surface area contributed by atoms with Gasteiger partial charge in [-0.25, -0.2) is 0 Å². The molecule has 0 aliphatic rings. The molecule has 3 heteroatoms. The Balaban J connectivity index is 1.84. The molecule has 2 nitrogen and oxygen atoms in total. The fraction of sp³-hybridized carbons (Fsp3) is 0.333. The van der Waals surface area contributed by atoms with Crippen molar-refractivity contribution in [1.82, 2.24) is 10.3 Å². The third kappa shape index (κ3) is 3.65. The van der Waals surface area contributed by atoms with Gasteiger partial charge in [0.1, 0.15) is 0 Å². The van der Waals surface area contributed by atoms with Crippen LogP contribution in [0.3, 0.4) is 0 Å². The second kappa shape index (κ2) is 6.66. The van der Waals surface area contributed by atoms with Gasteiger partial charge in [0.15, 0.2) is 0 Å². The zero-order valence-corrected chi connectivity index (χ0v) is 11.6. The number of hydrogen-bond acceptors (Lipinski definition) is 2. The number of hydrogen-bond donors (Lipinski definition) is 2. The summed E-state index contributed by atoms with van der Waals surface area (Å²) in [5, 5.41) is 5.86. The molecule has 0 saturated heterocycles. The summed E-state index contributed by atoms with van der Waals surface area (Å²) >= 11 is 1.82. The molecule has 1 aromatic heterocycles. The molecule has 0 spiro atoms. The molecule has 0 radical (unpaired) electrons. The quantitative estimate of drug-likeness (QED) is 0.450. The zero-order valence-electron chi connectivity index (χ0n) is 10.8. The lowest BCUT2D eigenvalue weighted by Crippen LogP contribution is -2.18. The van der Waals surface area contributed by atoms with Gasteiger partial charge in [-0.15, -0.1) is 11.8 Å². The largest absolute Gasteiger partial charge is 0.350 e. The normalized spacial score (nSPS) is 10.9. The zero-order chi connectivity index (χ0) is 12.8. The summed E-state index contributed by atoms with van der Waals surface area (Å²) in [5.74, 6) is 0.962. The van der Waals surface area contributed by atoms with Crippen molar-refractivity contribution in [1.29, 1.82) is 0 Å². The first-order valence-corrected chi connectivity index (χ1v) is 7.36. The highest BCUT2D eigenvalue weighted by Gasteiger charge is 2.01. The monoisotopic (exact) mass is 260 g/mol. The number of aromatic nitrogens is 1. The smallest absolute Gasteiger partial charge is 0.0735 e. The van der Waals surface area contributed by atoms with Crippen LogP contribution >= 0.6 is 11.8 Å². The lowest BCUT2D eigenvalue weighted by Gasteiger charge is -2.05. The van der Waals surface area contributed by atoms with Gasteiger partial charge in [0.05, 0.1) is 5.03 Å². The molecule has 1 aromatic carbocycles. The third-order valence-electron chi connectivity index (χ3n) is 2.74. The summed E-state index contributed by atoms with van der Waals surface area (Å²) in [6.07, 6.45) is 1.17. The van der Waals surface area contributed by atoms with Crippen LogP contribution in [0.2, 0.25) is 0 Å². The molecule has 0 bridgehead atoms. The number of rotatable bonds is 7. The van der Waals surface area contributed by atoms with Crippen molar-refractivity contribution in [3.05, 3.63) is 42.5 Å². The number of H-pyrrole nitrogens is 1. The van der Waals surface area contributed by atoms with Crippen LogP contribution in [0.15, 0.2) is 47.5 Å². The molecule has 0 fully saturated rings. The Labute approximate surface area is 113 Å². The summed E-state index contributed by atoms with van der Waals surface area (Å²) in [6.45, 7) is 8.26.